The first kappa shape index (κ1) is 8.02. The van der Waals surface area contributed by atoms with Gasteiger partial charge in [-0.05, 0) is 32.1 Å². The topological polar surface area (TPSA) is 40.5 Å². The van der Waals surface area contributed by atoms with E-state index in [-0.39, 0.29) is 0 Å². The van der Waals surface area contributed by atoms with E-state index in [0.717, 1.165) is 19.3 Å². The number of hydrogen-bond donors (Lipinski definition) is 2. The normalized spacial score (nSPS) is 49.2. The quantitative estimate of drug-likeness (QED) is 0.530. The van der Waals surface area contributed by atoms with Crippen LogP contribution in [0.5, 0.6) is 0 Å². The van der Waals surface area contributed by atoms with E-state index < -0.39 is 11.7 Å². The van der Waals surface area contributed by atoms with Crippen LogP contribution in [0.25, 0.3) is 0 Å². The van der Waals surface area contributed by atoms with Gasteiger partial charge in [-0.25, -0.2) is 0 Å². The average molecular weight is 144 g/mol. The van der Waals surface area contributed by atoms with Gasteiger partial charge in [0.2, 0.25) is 0 Å². The van der Waals surface area contributed by atoms with Gasteiger partial charge >= 0.3 is 0 Å². The van der Waals surface area contributed by atoms with Crippen molar-refractivity contribution in [3.05, 3.63) is 0 Å². The van der Waals surface area contributed by atoms with E-state index in [0.29, 0.717) is 5.92 Å². The van der Waals surface area contributed by atoms with Gasteiger partial charge in [0, 0.05) is 0 Å². The molecule has 60 valence electrons. The van der Waals surface area contributed by atoms with Crippen molar-refractivity contribution in [3.63, 3.8) is 0 Å². The molecule has 1 aliphatic carbocycles. The molecule has 1 rings (SSSR count). The third kappa shape index (κ3) is 1.50. The molecule has 10 heavy (non-hydrogen) atoms. The Kier molecular flexibility index (Phi) is 2.02. The van der Waals surface area contributed by atoms with Crippen molar-refractivity contribution in [1.82, 2.24) is 0 Å². The Labute approximate surface area is 61.9 Å². The van der Waals surface area contributed by atoms with E-state index in [1.54, 1.807) is 6.92 Å². The molecular weight excluding hydrogens is 128 g/mol. The van der Waals surface area contributed by atoms with Crippen molar-refractivity contribution in [2.75, 3.05) is 0 Å². The maximum atomic E-state index is 9.51. The molecule has 1 fully saturated rings. The molecule has 0 bridgehead atoms. The molecule has 3 atom stereocenters. The van der Waals surface area contributed by atoms with Crippen LogP contribution < -0.4 is 0 Å². The minimum Gasteiger partial charge on any atom is -0.390 e. The van der Waals surface area contributed by atoms with Gasteiger partial charge in [-0.3, -0.25) is 0 Å². The van der Waals surface area contributed by atoms with Gasteiger partial charge in [0.25, 0.3) is 0 Å². The van der Waals surface area contributed by atoms with Crippen LogP contribution in [0.4, 0.5) is 0 Å². The predicted molar refractivity (Wildman–Crippen MR) is 39.6 cm³/mol. The van der Waals surface area contributed by atoms with Crippen LogP contribution in [-0.4, -0.2) is 21.9 Å². The monoisotopic (exact) mass is 144 g/mol. The lowest BCUT2D eigenvalue weighted by atomic mass is 9.78. The van der Waals surface area contributed by atoms with Crippen LogP contribution in [0.15, 0.2) is 0 Å². The highest BCUT2D eigenvalue weighted by atomic mass is 16.3. The summed E-state index contributed by atoms with van der Waals surface area (Å²) in [4.78, 5) is 0. The van der Waals surface area contributed by atoms with Crippen LogP contribution in [0.1, 0.15) is 33.1 Å². The summed E-state index contributed by atoms with van der Waals surface area (Å²) in [5, 5.41) is 18.9. The van der Waals surface area contributed by atoms with Gasteiger partial charge in [0.1, 0.15) is 0 Å². The lowest BCUT2D eigenvalue weighted by molar-refractivity contribution is -0.0970. The Balaban J connectivity index is 2.52. The first-order chi connectivity index (χ1) is 4.52. The molecule has 2 heteroatoms. The summed E-state index contributed by atoms with van der Waals surface area (Å²) >= 11 is 0. The summed E-state index contributed by atoms with van der Waals surface area (Å²) in [6, 6.07) is 0. The molecule has 2 nitrogen and oxygen atoms in total. The molecule has 0 heterocycles. The van der Waals surface area contributed by atoms with Crippen LogP contribution >= 0.6 is 0 Å². The molecule has 0 radical (unpaired) electrons. The summed E-state index contributed by atoms with van der Waals surface area (Å²) in [5.74, 6) is 0.565. The Morgan fingerprint density at radius 3 is 2.50 bits per heavy atom. The summed E-state index contributed by atoms with van der Waals surface area (Å²) in [6.45, 7) is 3.82. The molecule has 0 aromatic carbocycles. The van der Waals surface area contributed by atoms with Gasteiger partial charge in [-0.15, -0.1) is 0 Å². The second kappa shape index (κ2) is 2.51. The largest absolute Gasteiger partial charge is 0.390 e. The van der Waals surface area contributed by atoms with E-state index in [1.165, 1.54) is 0 Å². The van der Waals surface area contributed by atoms with Crippen molar-refractivity contribution in [1.29, 1.82) is 0 Å². The highest BCUT2D eigenvalue weighted by molar-refractivity contribution is 4.87. The summed E-state index contributed by atoms with van der Waals surface area (Å²) < 4.78 is 0. The molecule has 1 unspecified atom stereocenters. The SMILES string of the molecule is CC1CC[C@@](C)(O)[C@H](O)C1. The standard InChI is InChI=1S/C8H16O2/c1-6-3-4-8(2,10)7(9)5-6/h6-7,9-10H,3-5H2,1-2H3/t6?,7-,8-/m1/s1. The third-order valence-electron chi connectivity index (χ3n) is 2.49. The maximum absolute atomic E-state index is 9.51. The Morgan fingerprint density at radius 1 is 1.50 bits per heavy atom. The maximum Gasteiger partial charge on any atom is 0.0877 e. The molecule has 0 amide bonds. The summed E-state index contributed by atoms with van der Waals surface area (Å²) in [7, 11) is 0. The molecule has 0 aromatic rings. The van der Waals surface area contributed by atoms with E-state index in [1.807, 2.05) is 0 Å². The predicted octanol–water partition coefficient (Wildman–Crippen LogP) is 0.918. The number of aliphatic hydroxyl groups is 2. The molecular formula is C8H16O2. The van der Waals surface area contributed by atoms with Crippen LogP contribution in [0.2, 0.25) is 0 Å². The first-order valence-electron chi connectivity index (χ1n) is 3.93. The number of rotatable bonds is 0. The van der Waals surface area contributed by atoms with E-state index in [2.05, 4.69) is 6.92 Å². The number of aliphatic hydroxyl groups excluding tert-OH is 1. The van der Waals surface area contributed by atoms with Crippen molar-refractivity contribution >= 4 is 0 Å². The van der Waals surface area contributed by atoms with Crippen LogP contribution in [0.3, 0.4) is 0 Å². The lowest BCUT2D eigenvalue weighted by Crippen LogP contribution is -2.43. The van der Waals surface area contributed by atoms with Crippen LogP contribution in [-0.2, 0) is 0 Å². The van der Waals surface area contributed by atoms with Crippen LogP contribution in [0, 0.1) is 5.92 Å². The highest BCUT2D eigenvalue weighted by Crippen LogP contribution is 2.31. The van der Waals surface area contributed by atoms with E-state index >= 15 is 0 Å². The zero-order valence-corrected chi connectivity index (χ0v) is 6.67. The summed E-state index contributed by atoms with van der Waals surface area (Å²) in [6.07, 6.45) is 1.99. The molecule has 0 saturated heterocycles. The highest BCUT2D eigenvalue weighted by Gasteiger charge is 2.35. The molecule has 1 aliphatic rings. The van der Waals surface area contributed by atoms with Gasteiger partial charge in [-0.2, -0.15) is 0 Å². The molecule has 0 aromatic heterocycles. The fraction of sp³-hybridized carbons (Fsp3) is 1.00. The molecule has 2 N–H and O–H groups in total. The molecule has 0 spiro atoms. The zero-order chi connectivity index (χ0) is 7.78. The smallest absolute Gasteiger partial charge is 0.0877 e. The Bertz CT molecular complexity index is 120. The van der Waals surface area contributed by atoms with Crippen molar-refractivity contribution in [2.24, 2.45) is 5.92 Å². The van der Waals surface area contributed by atoms with E-state index in [4.69, 9.17) is 0 Å². The third-order valence-corrected chi connectivity index (χ3v) is 2.49. The van der Waals surface area contributed by atoms with Crippen molar-refractivity contribution in [2.45, 2.75) is 44.8 Å². The number of hydrogen-bond acceptors (Lipinski definition) is 2. The summed E-state index contributed by atoms with van der Waals surface area (Å²) in [5.41, 5.74) is -0.827. The fourth-order valence-electron chi connectivity index (χ4n) is 1.46. The minimum atomic E-state index is -0.827. The zero-order valence-electron chi connectivity index (χ0n) is 6.67. The molecule has 0 aliphatic heterocycles. The van der Waals surface area contributed by atoms with Gasteiger partial charge in [0.15, 0.2) is 0 Å². The molecule has 1 saturated carbocycles. The fourth-order valence-corrected chi connectivity index (χ4v) is 1.46. The van der Waals surface area contributed by atoms with Gasteiger partial charge in [0.05, 0.1) is 11.7 Å². The Hall–Kier alpha value is -0.0800. The second-order valence-electron chi connectivity index (χ2n) is 3.75. The lowest BCUT2D eigenvalue weighted by Gasteiger charge is -2.36. The van der Waals surface area contributed by atoms with Crippen molar-refractivity contribution < 1.29 is 10.2 Å². The van der Waals surface area contributed by atoms with Crippen molar-refractivity contribution in [3.8, 4) is 0 Å². The van der Waals surface area contributed by atoms with Gasteiger partial charge < -0.3 is 10.2 Å². The van der Waals surface area contributed by atoms with E-state index in [9.17, 15) is 10.2 Å². The minimum absolute atomic E-state index is 0.517. The first-order valence-corrected chi connectivity index (χ1v) is 3.93. The van der Waals surface area contributed by atoms with Gasteiger partial charge in [-0.1, -0.05) is 6.92 Å². The average Bonchev–Trinajstić information content (AvgIpc) is 1.81. The second-order valence-corrected chi connectivity index (χ2v) is 3.75. The Morgan fingerprint density at radius 2 is 2.10 bits per heavy atom.